The zero-order chi connectivity index (χ0) is 32.0. The smallest absolute Gasteiger partial charge is 0.410 e. The molecule has 4 aromatic rings. The molecule has 0 radical (unpaired) electrons. The summed E-state index contributed by atoms with van der Waals surface area (Å²) in [5, 5.41) is 8.48. The molecule has 1 fully saturated rings. The van der Waals surface area contributed by atoms with Crippen LogP contribution in [-0.4, -0.2) is 50.8 Å². The van der Waals surface area contributed by atoms with Crippen LogP contribution < -0.4 is 4.74 Å². The fourth-order valence-electron chi connectivity index (χ4n) is 5.12. The van der Waals surface area contributed by atoms with Crippen LogP contribution in [0.4, 0.5) is 31.1 Å². The number of amides is 1. The number of aromatic nitrogens is 3. The second-order valence-electron chi connectivity index (χ2n) is 11.0. The monoisotopic (exact) mass is 638 g/mol. The Morgan fingerprint density at radius 2 is 1.61 bits per heavy atom. The van der Waals surface area contributed by atoms with Crippen molar-refractivity contribution >= 4 is 23.4 Å². The summed E-state index contributed by atoms with van der Waals surface area (Å²) in [5.74, 6) is -15.9. The fourth-order valence-corrected chi connectivity index (χ4v) is 6.21. The van der Waals surface area contributed by atoms with E-state index in [2.05, 4.69) is 19.9 Å². The first kappa shape index (κ1) is 31.0. The number of nitrogens with one attached hydrogen (secondary N) is 1. The lowest BCUT2D eigenvalue weighted by atomic mass is 9.65. The lowest BCUT2D eigenvalue weighted by Gasteiger charge is -2.46. The van der Waals surface area contributed by atoms with Gasteiger partial charge in [0.15, 0.2) is 5.69 Å². The van der Waals surface area contributed by atoms with Crippen molar-refractivity contribution in [2.45, 2.75) is 44.1 Å². The molecule has 5 rings (SSSR count). The molecule has 0 spiro atoms. The number of carbonyl (C=O) groups excluding carboxylic acids is 2. The maximum Gasteiger partial charge on any atom is 0.410 e. The minimum atomic E-state index is -2.40. The number of carbonyl (C=O) groups is 2. The van der Waals surface area contributed by atoms with Crippen molar-refractivity contribution < 1.29 is 45.4 Å². The number of H-pyrrole nitrogens is 1. The number of hydrogen-bond donors (Lipinski definition) is 1. The summed E-state index contributed by atoms with van der Waals surface area (Å²) >= 11 is 0.966. The number of ether oxygens (including phenoxy) is 2. The third kappa shape index (κ3) is 5.63. The van der Waals surface area contributed by atoms with Gasteiger partial charge in [-0.2, -0.15) is 13.9 Å². The lowest BCUT2D eigenvalue weighted by molar-refractivity contribution is 0.0148. The molecule has 8 nitrogen and oxygen atoms in total. The van der Waals surface area contributed by atoms with E-state index in [1.165, 1.54) is 28.6 Å². The van der Waals surface area contributed by atoms with E-state index < -0.39 is 75.3 Å². The van der Waals surface area contributed by atoms with E-state index in [1.807, 2.05) is 0 Å². The number of esters is 1. The predicted molar refractivity (Wildman–Crippen MR) is 144 cm³/mol. The van der Waals surface area contributed by atoms with Crippen LogP contribution in [0.3, 0.4) is 0 Å². The van der Waals surface area contributed by atoms with E-state index in [0.29, 0.717) is 11.3 Å². The van der Waals surface area contributed by atoms with Crippen molar-refractivity contribution in [2.24, 2.45) is 0 Å². The molecule has 1 saturated heterocycles. The first-order chi connectivity index (χ1) is 20.7. The highest BCUT2D eigenvalue weighted by atomic mass is 32.1. The molecular weight excluding hydrogens is 614 g/mol. The molecule has 0 saturated carbocycles. The van der Waals surface area contributed by atoms with Crippen molar-refractivity contribution in [3.63, 3.8) is 0 Å². The van der Waals surface area contributed by atoms with Gasteiger partial charge in [0.2, 0.25) is 34.8 Å². The summed E-state index contributed by atoms with van der Waals surface area (Å²) in [6, 6.07) is 7.29. The van der Waals surface area contributed by atoms with Gasteiger partial charge >= 0.3 is 12.1 Å². The molecule has 2 aromatic heterocycles. The fraction of sp³-hybridized carbons (Fsp3) is 0.310. The van der Waals surface area contributed by atoms with E-state index in [4.69, 9.17) is 4.74 Å². The third-order valence-electron chi connectivity index (χ3n) is 7.14. The second-order valence-corrected chi connectivity index (χ2v) is 11.9. The van der Waals surface area contributed by atoms with Gasteiger partial charge in [-0.1, -0.05) is 12.1 Å². The molecule has 0 aliphatic carbocycles. The Labute approximate surface area is 250 Å². The Hall–Kier alpha value is -4.40. The number of hydrogen-bond acceptors (Lipinski definition) is 7. The predicted octanol–water partition coefficient (Wildman–Crippen LogP) is 6.63. The molecule has 2 unspecified atom stereocenters. The lowest BCUT2D eigenvalue weighted by Crippen LogP contribution is -2.52. The highest BCUT2D eigenvalue weighted by Gasteiger charge is 2.51. The van der Waals surface area contributed by atoms with Crippen molar-refractivity contribution in [1.29, 1.82) is 0 Å². The Bertz CT molecular complexity index is 1680. The molecule has 1 amide bonds. The van der Waals surface area contributed by atoms with Crippen molar-refractivity contribution in [3.8, 4) is 5.75 Å². The summed E-state index contributed by atoms with van der Waals surface area (Å²) < 4.78 is 93.3. The van der Waals surface area contributed by atoms with Gasteiger partial charge in [0, 0.05) is 36.3 Å². The zero-order valence-corrected chi connectivity index (χ0v) is 24.2. The van der Waals surface area contributed by atoms with Crippen LogP contribution in [0.2, 0.25) is 0 Å². The Balaban J connectivity index is 1.56. The van der Waals surface area contributed by atoms with E-state index in [9.17, 15) is 35.9 Å². The molecule has 1 N–H and O–H groups in total. The van der Waals surface area contributed by atoms with Gasteiger partial charge in [-0.15, -0.1) is 11.3 Å². The van der Waals surface area contributed by atoms with Crippen LogP contribution in [0.1, 0.15) is 59.9 Å². The molecule has 0 bridgehead atoms. The summed E-state index contributed by atoms with van der Waals surface area (Å²) in [7, 11) is 0. The molecule has 1 aliphatic rings. The first-order valence-electron chi connectivity index (χ1n) is 13.2. The molecule has 2 atom stereocenters. The van der Waals surface area contributed by atoms with Gasteiger partial charge < -0.3 is 14.4 Å². The maximum absolute atomic E-state index is 14.2. The molecule has 15 heteroatoms. The van der Waals surface area contributed by atoms with Gasteiger partial charge in [-0.25, -0.2) is 32.1 Å². The van der Waals surface area contributed by atoms with Crippen LogP contribution in [-0.2, 0) is 10.2 Å². The van der Waals surface area contributed by atoms with Gasteiger partial charge in [-0.05, 0) is 51.0 Å². The number of halogens is 6. The van der Waals surface area contributed by atoms with E-state index in [1.54, 1.807) is 39.0 Å². The number of piperidine rings is 1. The first-order valence-corrected chi connectivity index (χ1v) is 14.0. The number of thiazole rings is 1. The van der Waals surface area contributed by atoms with Gasteiger partial charge in [0.05, 0.1) is 5.41 Å². The summed E-state index contributed by atoms with van der Waals surface area (Å²) in [6.45, 7) is 5.41. The van der Waals surface area contributed by atoms with E-state index >= 15 is 0 Å². The minimum absolute atomic E-state index is 0.0729. The number of nitrogens with zero attached hydrogens (tertiary/aromatic N) is 3. The van der Waals surface area contributed by atoms with Crippen molar-refractivity contribution in [1.82, 2.24) is 20.1 Å². The van der Waals surface area contributed by atoms with Gasteiger partial charge in [0.25, 0.3) is 0 Å². The highest BCUT2D eigenvalue weighted by molar-refractivity contribution is 7.10. The number of likely N-dealkylation sites (tertiary alicyclic amines) is 1. The Morgan fingerprint density at radius 3 is 2.20 bits per heavy atom. The van der Waals surface area contributed by atoms with Crippen LogP contribution >= 0.6 is 11.3 Å². The van der Waals surface area contributed by atoms with Crippen LogP contribution in [0, 0.1) is 34.9 Å². The van der Waals surface area contributed by atoms with Crippen molar-refractivity contribution in [3.05, 3.63) is 98.8 Å². The molecular formula is C29H24F6N4O4S. The van der Waals surface area contributed by atoms with Crippen LogP contribution in [0.25, 0.3) is 0 Å². The SMILES string of the molecule is CC(C)(C)OC(=O)N1CCC(c2ccn[nH]2)(c2nc(C(=O)Oc3c(F)c(F)c(F)c(F)c3F)cs2)C(c2ccc(F)cc2)C1. The maximum atomic E-state index is 14.2. The normalized spacial score (nSPS) is 18.8. The average Bonchev–Trinajstić information content (AvgIpc) is 3.70. The van der Waals surface area contributed by atoms with E-state index in [-0.39, 0.29) is 24.5 Å². The van der Waals surface area contributed by atoms with Crippen LogP contribution in [0.15, 0.2) is 41.9 Å². The minimum Gasteiger partial charge on any atom is -0.444 e. The summed E-state index contributed by atoms with van der Waals surface area (Å²) in [6.07, 6.45) is 1.12. The number of rotatable bonds is 5. The van der Waals surface area contributed by atoms with Crippen molar-refractivity contribution in [2.75, 3.05) is 13.1 Å². The molecule has 232 valence electrons. The Kier molecular flexibility index (Phi) is 8.18. The average molecular weight is 639 g/mol. The number of benzene rings is 2. The summed E-state index contributed by atoms with van der Waals surface area (Å²) in [5.41, 5.74) is -1.22. The second kappa shape index (κ2) is 11.6. The van der Waals surface area contributed by atoms with E-state index in [0.717, 1.165) is 11.3 Å². The highest BCUT2D eigenvalue weighted by Crippen LogP contribution is 2.50. The van der Waals surface area contributed by atoms with Crippen LogP contribution in [0.5, 0.6) is 5.75 Å². The quantitative estimate of drug-likeness (QED) is 0.0867. The molecule has 1 aliphatic heterocycles. The van der Waals surface area contributed by atoms with Gasteiger partial charge in [-0.3, -0.25) is 5.10 Å². The third-order valence-corrected chi connectivity index (χ3v) is 8.16. The Morgan fingerprint density at radius 1 is 0.977 bits per heavy atom. The zero-order valence-electron chi connectivity index (χ0n) is 23.4. The molecule has 44 heavy (non-hydrogen) atoms. The number of aromatic amines is 1. The standard InChI is InChI=1S/C29H24F6N4O4S/c1-28(2,3)43-27(41)39-11-9-29(18-8-10-36-38-18,16(12-39)14-4-6-15(30)7-5-14)26-37-17(13-44-26)25(40)42-24-22(34)20(32)19(31)21(33)23(24)35/h4-8,10,13,16H,9,11-12H2,1-3H3,(H,36,38). The largest absolute Gasteiger partial charge is 0.444 e. The molecule has 2 aromatic carbocycles. The molecule has 3 heterocycles. The van der Waals surface area contributed by atoms with Gasteiger partial charge in [0.1, 0.15) is 16.4 Å². The summed E-state index contributed by atoms with van der Waals surface area (Å²) in [4.78, 5) is 31.9. The topological polar surface area (TPSA) is 97.4 Å².